The number of furan rings is 1. The van der Waals surface area contributed by atoms with Crippen molar-refractivity contribution in [2.24, 2.45) is 10.8 Å². The van der Waals surface area contributed by atoms with Gasteiger partial charge in [0.15, 0.2) is 0 Å². The van der Waals surface area contributed by atoms with Crippen LogP contribution in [0.3, 0.4) is 0 Å². The number of hydrogen-bond acceptors (Lipinski definition) is 3. The van der Waals surface area contributed by atoms with E-state index in [0.29, 0.717) is 6.04 Å². The fourth-order valence-corrected chi connectivity index (χ4v) is 2.27. The standard InChI is InChI=1S/C12H19N3O/c1-8-7-11(9(2)16-8)12(15-13)14-10-5-3-4-6-10/h7,10H,3-6,13H2,1-2H3,(H,14,15). The summed E-state index contributed by atoms with van der Waals surface area (Å²) in [6, 6.07) is 2.39. The molecule has 0 saturated heterocycles. The summed E-state index contributed by atoms with van der Waals surface area (Å²) in [5.41, 5.74) is 3.67. The minimum atomic E-state index is 0.417. The van der Waals surface area contributed by atoms with Crippen LogP contribution in [0.15, 0.2) is 15.5 Å². The van der Waals surface area contributed by atoms with Gasteiger partial charge >= 0.3 is 0 Å². The minimum Gasteiger partial charge on any atom is -0.466 e. The molecule has 1 fully saturated rings. The number of hydrogen-bond donors (Lipinski definition) is 2. The Kier molecular flexibility index (Phi) is 3.29. The van der Waals surface area contributed by atoms with Crippen LogP contribution in [0.2, 0.25) is 0 Å². The van der Waals surface area contributed by atoms with Crippen LogP contribution >= 0.6 is 0 Å². The van der Waals surface area contributed by atoms with E-state index in [4.69, 9.17) is 10.3 Å². The second kappa shape index (κ2) is 4.70. The fraction of sp³-hybridized carbons (Fsp3) is 0.583. The van der Waals surface area contributed by atoms with Crippen LogP contribution in [0.1, 0.15) is 42.8 Å². The SMILES string of the molecule is Cc1cc(C(=NC2CCCC2)NN)c(C)o1. The van der Waals surface area contributed by atoms with Gasteiger partial charge in [0.1, 0.15) is 17.4 Å². The van der Waals surface area contributed by atoms with Gasteiger partial charge in [0.05, 0.1) is 11.6 Å². The Hall–Kier alpha value is -1.29. The third-order valence-electron chi connectivity index (χ3n) is 3.07. The Bertz CT molecular complexity index is 389. The van der Waals surface area contributed by atoms with Crippen molar-refractivity contribution in [2.45, 2.75) is 45.6 Å². The molecule has 1 heterocycles. The highest BCUT2D eigenvalue weighted by molar-refractivity contribution is 5.99. The normalized spacial score (nSPS) is 18.1. The first-order valence-corrected chi connectivity index (χ1v) is 5.82. The van der Waals surface area contributed by atoms with E-state index >= 15 is 0 Å². The molecular formula is C12H19N3O. The van der Waals surface area contributed by atoms with E-state index in [1.165, 1.54) is 25.7 Å². The first-order chi connectivity index (χ1) is 7.70. The average Bonchev–Trinajstić information content (AvgIpc) is 2.85. The van der Waals surface area contributed by atoms with Gasteiger partial charge < -0.3 is 9.84 Å². The third-order valence-corrected chi connectivity index (χ3v) is 3.07. The monoisotopic (exact) mass is 221 g/mol. The van der Waals surface area contributed by atoms with E-state index in [1.807, 2.05) is 19.9 Å². The molecule has 88 valence electrons. The van der Waals surface area contributed by atoms with Gasteiger partial charge in [-0.25, -0.2) is 5.84 Å². The van der Waals surface area contributed by atoms with Gasteiger partial charge in [-0.2, -0.15) is 0 Å². The lowest BCUT2D eigenvalue weighted by Crippen LogP contribution is -2.32. The Morgan fingerprint density at radius 1 is 1.44 bits per heavy atom. The van der Waals surface area contributed by atoms with Crippen molar-refractivity contribution in [3.05, 3.63) is 23.2 Å². The second-order valence-corrected chi connectivity index (χ2v) is 4.39. The first-order valence-electron chi connectivity index (χ1n) is 5.82. The molecule has 0 spiro atoms. The Morgan fingerprint density at radius 3 is 2.62 bits per heavy atom. The molecule has 0 aromatic carbocycles. The van der Waals surface area contributed by atoms with Crippen LogP contribution in [0.25, 0.3) is 0 Å². The Labute approximate surface area is 95.9 Å². The zero-order valence-corrected chi connectivity index (χ0v) is 9.92. The minimum absolute atomic E-state index is 0.417. The molecule has 0 atom stereocenters. The van der Waals surface area contributed by atoms with E-state index in [0.717, 1.165) is 22.9 Å². The molecule has 4 nitrogen and oxygen atoms in total. The number of aliphatic imine (C=N–C) groups is 1. The van der Waals surface area contributed by atoms with Crippen molar-refractivity contribution in [1.29, 1.82) is 0 Å². The summed E-state index contributed by atoms with van der Waals surface area (Å²) in [6.07, 6.45) is 4.88. The topological polar surface area (TPSA) is 63.5 Å². The molecule has 1 aliphatic carbocycles. The maximum absolute atomic E-state index is 5.54. The molecule has 3 N–H and O–H groups in total. The predicted molar refractivity (Wildman–Crippen MR) is 64.3 cm³/mol. The molecule has 0 aliphatic heterocycles. The van der Waals surface area contributed by atoms with Crippen LogP contribution in [0.4, 0.5) is 0 Å². The number of rotatable bonds is 2. The van der Waals surface area contributed by atoms with Crippen molar-refractivity contribution in [1.82, 2.24) is 5.43 Å². The molecule has 0 amide bonds. The highest BCUT2D eigenvalue weighted by atomic mass is 16.3. The molecule has 1 aromatic heterocycles. The van der Waals surface area contributed by atoms with E-state index in [9.17, 15) is 0 Å². The van der Waals surface area contributed by atoms with Gasteiger partial charge in [-0.3, -0.25) is 4.99 Å². The average molecular weight is 221 g/mol. The summed E-state index contributed by atoms with van der Waals surface area (Å²) in [5, 5.41) is 0. The van der Waals surface area contributed by atoms with E-state index < -0.39 is 0 Å². The van der Waals surface area contributed by atoms with Crippen LogP contribution in [0.5, 0.6) is 0 Å². The quantitative estimate of drug-likeness (QED) is 0.348. The van der Waals surface area contributed by atoms with Gasteiger partial charge in [0.2, 0.25) is 0 Å². The molecule has 0 unspecified atom stereocenters. The summed E-state index contributed by atoms with van der Waals surface area (Å²) in [6.45, 7) is 3.87. The van der Waals surface area contributed by atoms with Gasteiger partial charge in [-0.05, 0) is 32.8 Å². The number of hydrazine groups is 1. The van der Waals surface area contributed by atoms with Gasteiger partial charge in [0.25, 0.3) is 0 Å². The van der Waals surface area contributed by atoms with E-state index in [1.54, 1.807) is 0 Å². The van der Waals surface area contributed by atoms with Crippen molar-refractivity contribution < 1.29 is 4.42 Å². The van der Waals surface area contributed by atoms with Crippen molar-refractivity contribution in [2.75, 3.05) is 0 Å². The largest absolute Gasteiger partial charge is 0.466 e. The summed E-state index contributed by atoms with van der Waals surface area (Å²) < 4.78 is 5.49. The van der Waals surface area contributed by atoms with Gasteiger partial charge in [-0.1, -0.05) is 12.8 Å². The lowest BCUT2D eigenvalue weighted by Gasteiger charge is -2.08. The lowest BCUT2D eigenvalue weighted by atomic mass is 10.2. The summed E-state index contributed by atoms with van der Waals surface area (Å²) >= 11 is 0. The molecule has 0 radical (unpaired) electrons. The molecule has 1 aliphatic rings. The fourth-order valence-electron chi connectivity index (χ4n) is 2.27. The van der Waals surface area contributed by atoms with Crippen molar-refractivity contribution >= 4 is 5.84 Å². The maximum atomic E-state index is 5.54. The summed E-state index contributed by atoms with van der Waals surface area (Å²) in [5.74, 6) is 8.05. The number of nitrogens with one attached hydrogen (secondary N) is 1. The zero-order chi connectivity index (χ0) is 11.5. The number of amidine groups is 1. The molecule has 2 rings (SSSR count). The van der Waals surface area contributed by atoms with Crippen LogP contribution in [0, 0.1) is 13.8 Å². The van der Waals surface area contributed by atoms with Gasteiger partial charge in [-0.15, -0.1) is 0 Å². The zero-order valence-electron chi connectivity index (χ0n) is 9.92. The predicted octanol–water partition coefficient (Wildman–Crippen LogP) is 2.05. The number of nitrogens with zero attached hydrogens (tertiary/aromatic N) is 1. The Morgan fingerprint density at radius 2 is 2.12 bits per heavy atom. The molecule has 1 aromatic rings. The molecular weight excluding hydrogens is 202 g/mol. The third kappa shape index (κ3) is 2.27. The Balaban J connectivity index is 2.24. The van der Waals surface area contributed by atoms with Crippen molar-refractivity contribution in [3.8, 4) is 0 Å². The van der Waals surface area contributed by atoms with E-state index in [-0.39, 0.29) is 0 Å². The summed E-state index contributed by atoms with van der Waals surface area (Å²) in [7, 11) is 0. The highest BCUT2D eigenvalue weighted by Gasteiger charge is 2.17. The molecule has 0 bridgehead atoms. The van der Waals surface area contributed by atoms with Gasteiger partial charge in [0, 0.05) is 0 Å². The molecule has 16 heavy (non-hydrogen) atoms. The number of aryl methyl sites for hydroxylation is 2. The molecule has 1 saturated carbocycles. The molecule has 4 heteroatoms. The maximum Gasteiger partial charge on any atom is 0.146 e. The van der Waals surface area contributed by atoms with Crippen LogP contribution in [-0.4, -0.2) is 11.9 Å². The smallest absolute Gasteiger partial charge is 0.146 e. The van der Waals surface area contributed by atoms with Crippen LogP contribution in [-0.2, 0) is 0 Å². The second-order valence-electron chi connectivity index (χ2n) is 4.39. The highest BCUT2D eigenvalue weighted by Crippen LogP contribution is 2.22. The van der Waals surface area contributed by atoms with Crippen LogP contribution < -0.4 is 11.3 Å². The first kappa shape index (κ1) is 11.2. The van der Waals surface area contributed by atoms with E-state index in [2.05, 4.69) is 10.4 Å². The summed E-state index contributed by atoms with van der Waals surface area (Å²) in [4.78, 5) is 4.66. The number of nitrogens with two attached hydrogens (primary N) is 1. The van der Waals surface area contributed by atoms with Crippen molar-refractivity contribution in [3.63, 3.8) is 0 Å². The lowest BCUT2D eigenvalue weighted by molar-refractivity contribution is 0.504.